The minimum absolute atomic E-state index is 0.105. The Kier molecular flexibility index (Phi) is 4.36. The molecule has 0 bridgehead atoms. The molecule has 2 heterocycles. The summed E-state index contributed by atoms with van der Waals surface area (Å²) in [6.45, 7) is 7.93. The van der Waals surface area contributed by atoms with Gasteiger partial charge in [-0.05, 0) is 35.4 Å². The second-order valence-corrected chi connectivity index (χ2v) is 10.6. The summed E-state index contributed by atoms with van der Waals surface area (Å²) in [4.78, 5) is 4.84. The van der Waals surface area contributed by atoms with E-state index in [0.29, 0.717) is 5.16 Å². The Morgan fingerprint density at radius 3 is 2.71 bits per heavy atom. The van der Waals surface area contributed by atoms with Crippen LogP contribution in [-0.4, -0.2) is 29.5 Å². The molecule has 1 aromatic rings. The first kappa shape index (κ1) is 15.0. The molecule has 0 radical (unpaired) electrons. The summed E-state index contributed by atoms with van der Waals surface area (Å²) in [5.41, 5.74) is 2.09. The van der Waals surface area contributed by atoms with Crippen LogP contribution in [0.2, 0.25) is 0 Å². The molecule has 1 saturated heterocycles. The lowest BCUT2D eigenvalue weighted by atomic mass is 10.1. The van der Waals surface area contributed by atoms with Gasteiger partial charge in [-0.25, -0.2) is 4.99 Å². The van der Waals surface area contributed by atoms with Crippen molar-refractivity contribution in [2.75, 3.05) is 12.8 Å². The minimum atomic E-state index is 0.105. The molecule has 3 heteroatoms. The van der Waals surface area contributed by atoms with E-state index in [4.69, 9.17) is 9.73 Å². The van der Waals surface area contributed by atoms with Crippen molar-refractivity contribution >= 4 is 13.8 Å². The number of hydrogen-bond acceptors (Lipinski definition) is 2. The van der Waals surface area contributed by atoms with Gasteiger partial charge in [0.25, 0.3) is 0 Å². The maximum atomic E-state index is 5.90. The number of nitrogens with zero attached hydrogens (tertiary/aromatic N) is 1. The zero-order chi connectivity index (χ0) is 14.9. The van der Waals surface area contributed by atoms with Gasteiger partial charge in [0.2, 0.25) is 0 Å². The van der Waals surface area contributed by atoms with Gasteiger partial charge in [-0.2, -0.15) is 0 Å². The first-order valence-electron chi connectivity index (χ1n) is 8.05. The van der Waals surface area contributed by atoms with E-state index >= 15 is 0 Å². The van der Waals surface area contributed by atoms with Crippen molar-refractivity contribution in [3.05, 3.63) is 35.9 Å². The van der Waals surface area contributed by atoms with Crippen molar-refractivity contribution in [2.24, 2.45) is 4.99 Å². The molecule has 2 aliphatic heterocycles. The fourth-order valence-corrected chi connectivity index (χ4v) is 7.04. The smallest absolute Gasteiger partial charge is 0.184 e. The largest absolute Gasteiger partial charge is 0.478 e. The van der Waals surface area contributed by atoms with E-state index in [9.17, 15) is 0 Å². The predicted octanol–water partition coefficient (Wildman–Crippen LogP) is 4.99. The predicted molar refractivity (Wildman–Crippen MR) is 91.7 cm³/mol. The van der Waals surface area contributed by atoms with Crippen molar-refractivity contribution in [3.8, 4) is 0 Å². The lowest BCUT2D eigenvalue weighted by Gasteiger charge is -2.32. The molecule has 3 rings (SSSR count). The summed E-state index contributed by atoms with van der Waals surface area (Å²) in [6, 6.07) is 10.7. The highest BCUT2D eigenvalue weighted by Gasteiger charge is 2.37. The van der Waals surface area contributed by atoms with Crippen LogP contribution in [-0.2, 0) is 4.74 Å². The summed E-state index contributed by atoms with van der Waals surface area (Å²) < 4.78 is 5.90. The Morgan fingerprint density at radius 2 is 2.00 bits per heavy atom. The molecule has 0 spiro atoms. The topological polar surface area (TPSA) is 21.6 Å². The highest BCUT2D eigenvalue weighted by atomic mass is 31.1. The molecule has 0 amide bonds. The molecular formula is C18H26NOP. The summed E-state index contributed by atoms with van der Waals surface area (Å²) in [7, 11) is 0.105. The van der Waals surface area contributed by atoms with Gasteiger partial charge in [-0.15, -0.1) is 0 Å². The molecule has 1 aromatic carbocycles. The SMILES string of the molecule is CC(C)(C)[P@]1CCC[C@@H]1CC1=N[C@@H](c2ccccc2)CO1. The number of ether oxygens (including phenoxy) is 1. The maximum Gasteiger partial charge on any atom is 0.184 e. The van der Waals surface area contributed by atoms with Crippen LogP contribution in [0, 0.1) is 0 Å². The van der Waals surface area contributed by atoms with E-state index in [-0.39, 0.29) is 14.0 Å². The van der Waals surface area contributed by atoms with Crippen molar-refractivity contribution in [1.82, 2.24) is 0 Å². The zero-order valence-electron chi connectivity index (χ0n) is 13.4. The van der Waals surface area contributed by atoms with Gasteiger partial charge in [-0.1, -0.05) is 59.0 Å². The van der Waals surface area contributed by atoms with Gasteiger partial charge in [0.05, 0.1) is 0 Å². The van der Waals surface area contributed by atoms with E-state index in [1.165, 1.54) is 24.6 Å². The van der Waals surface area contributed by atoms with Crippen LogP contribution < -0.4 is 0 Å². The summed E-state index contributed by atoms with van der Waals surface area (Å²) in [5.74, 6) is 1.01. The average Bonchev–Trinajstić information content (AvgIpc) is 3.09. The van der Waals surface area contributed by atoms with Gasteiger partial charge in [0.1, 0.15) is 12.6 Å². The van der Waals surface area contributed by atoms with E-state index in [2.05, 4.69) is 51.1 Å². The van der Waals surface area contributed by atoms with E-state index in [0.717, 1.165) is 24.6 Å². The van der Waals surface area contributed by atoms with Crippen molar-refractivity contribution in [3.63, 3.8) is 0 Å². The van der Waals surface area contributed by atoms with Crippen LogP contribution in [0.5, 0.6) is 0 Å². The fraction of sp³-hybridized carbons (Fsp3) is 0.611. The van der Waals surface area contributed by atoms with Crippen LogP contribution in [0.3, 0.4) is 0 Å². The number of hydrogen-bond donors (Lipinski definition) is 0. The van der Waals surface area contributed by atoms with Crippen LogP contribution in [0.15, 0.2) is 35.3 Å². The molecule has 3 atom stereocenters. The molecule has 21 heavy (non-hydrogen) atoms. The number of benzene rings is 1. The first-order chi connectivity index (χ1) is 10.0. The number of aliphatic imine (C=N–C) groups is 1. The Labute approximate surface area is 129 Å². The summed E-state index contributed by atoms with van der Waals surface area (Å²) in [6.07, 6.45) is 5.25. The third kappa shape index (κ3) is 3.48. The Bertz CT molecular complexity index is 506. The third-order valence-electron chi connectivity index (χ3n) is 4.54. The molecule has 2 aliphatic rings. The molecular weight excluding hydrogens is 277 g/mol. The normalized spacial score (nSPS) is 29.3. The molecule has 2 nitrogen and oxygen atoms in total. The van der Waals surface area contributed by atoms with E-state index < -0.39 is 0 Å². The molecule has 0 unspecified atom stereocenters. The molecule has 0 N–H and O–H groups in total. The molecule has 0 saturated carbocycles. The second kappa shape index (κ2) is 6.08. The lowest BCUT2D eigenvalue weighted by Crippen LogP contribution is -2.20. The van der Waals surface area contributed by atoms with Crippen LogP contribution in [0.4, 0.5) is 0 Å². The van der Waals surface area contributed by atoms with E-state index in [1.54, 1.807) is 0 Å². The monoisotopic (exact) mass is 303 g/mol. The van der Waals surface area contributed by atoms with Gasteiger partial charge >= 0.3 is 0 Å². The third-order valence-corrected chi connectivity index (χ3v) is 8.38. The van der Waals surface area contributed by atoms with Gasteiger partial charge in [0, 0.05) is 6.42 Å². The molecule has 0 aromatic heterocycles. The highest BCUT2D eigenvalue weighted by molar-refractivity contribution is 7.60. The maximum absolute atomic E-state index is 5.90. The lowest BCUT2D eigenvalue weighted by molar-refractivity contribution is 0.311. The fourth-order valence-electron chi connectivity index (χ4n) is 3.51. The van der Waals surface area contributed by atoms with Gasteiger partial charge < -0.3 is 4.74 Å². The second-order valence-electron chi connectivity index (χ2n) is 7.12. The van der Waals surface area contributed by atoms with Crippen LogP contribution >= 0.6 is 7.92 Å². The highest BCUT2D eigenvalue weighted by Crippen LogP contribution is 2.60. The van der Waals surface area contributed by atoms with Crippen molar-refractivity contribution in [2.45, 2.75) is 56.9 Å². The average molecular weight is 303 g/mol. The molecule has 114 valence electrons. The summed E-state index contributed by atoms with van der Waals surface area (Å²) in [5, 5.41) is 0.467. The minimum Gasteiger partial charge on any atom is -0.478 e. The standard InChI is InChI=1S/C18H26NOP/c1-18(2,3)21-11-7-10-15(21)12-17-19-16(13-20-17)14-8-5-4-6-9-14/h4-6,8-9,15-16H,7,10-13H2,1-3H3/t15-,16-,21-/m1/s1. The summed E-state index contributed by atoms with van der Waals surface area (Å²) >= 11 is 0. The quantitative estimate of drug-likeness (QED) is 0.721. The van der Waals surface area contributed by atoms with Crippen LogP contribution in [0.1, 0.15) is 51.6 Å². The molecule has 0 aliphatic carbocycles. The molecule has 1 fully saturated rings. The Hall–Kier alpha value is -0.880. The Balaban J connectivity index is 1.66. The van der Waals surface area contributed by atoms with Gasteiger partial charge in [-0.3, -0.25) is 0 Å². The van der Waals surface area contributed by atoms with Gasteiger partial charge in [0.15, 0.2) is 5.90 Å². The number of rotatable bonds is 3. The zero-order valence-corrected chi connectivity index (χ0v) is 14.3. The van der Waals surface area contributed by atoms with Crippen molar-refractivity contribution in [1.29, 1.82) is 0 Å². The van der Waals surface area contributed by atoms with Crippen LogP contribution in [0.25, 0.3) is 0 Å². The Morgan fingerprint density at radius 1 is 1.24 bits per heavy atom. The first-order valence-corrected chi connectivity index (χ1v) is 9.65. The van der Waals surface area contributed by atoms with Crippen molar-refractivity contribution < 1.29 is 4.74 Å². The van der Waals surface area contributed by atoms with E-state index in [1.807, 2.05) is 0 Å².